The van der Waals surface area contributed by atoms with Gasteiger partial charge in [0.15, 0.2) is 0 Å². The monoisotopic (exact) mass is 426 g/mol. The van der Waals surface area contributed by atoms with Gasteiger partial charge in [-0.15, -0.1) is 0 Å². The van der Waals surface area contributed by atoms with E-state index in [9.17, 15) is 10.2 Å². The second kappa shape index (κ2) is 9.89. The Morgan fingerprint density at radius 1 is 1.42 bits per heavy atom. The van der Waals surface area contributed by atoms with Gasteiger partial charge in [0.2, 0.25) is 0 Å². The van der Waals surface area contributed by atoms with Gasteiger partial charge in [0.05, 0.1) is 12.7 Å². The highest BCUT2D eigenvalue weighted by Gasteiger charge is 2.50. The first-order valence-corrected chi connectivity index (χ1v) is 11.6. The third-order valence-electron chi connectivity index (χ3n) is 7.54. The average Bonchev–Trinajstić information content (AvgIpc) is 2.98. The fourth-order valence-corrected chi connectivity index (χ4v) is 6.61. The lowest BCUT2D eigenvalue weighted by Crippen LogP contribution is -2.37. The molecule has 0 amide bonds. The van der Waals surface area contributed by atoms with Crippen LogP contribution in [0.5, 0.6) is 0 Å². The zero-order valence-electron chi connectivity index (χ0n) is 17.0. The van der Waals surface area contributed by atoms with Gasteiger partial charge >= 0.3 is 0 Å². The summed E-state index contributed by atoms with van der Waals surface area (Å²) in [4.78, 5) is 2.18. The first-order chi connectivity index (χ1) is 12.4. The summed E-state index contributed by atoms with van der Waals surface area (Å²) < 4.78 is 0. The van der Waals surface area contributed by atoms with E-state index < -0.39 is 0 Å². The standard InChI is InChI=1S/C23H39BrO2/c1-5-6-9-19(17(3)15-25)22(26)13-16(2)20-10-11-21-18(14-24)8-7-12-23(20,21)4/h14,16,19-22,25-26H,3,5-13,15H2,1-2,4H3/t16-,19+,20-,21+,22+,23-/m1/s1. The van der Waals surface area contributed by atoms with Crippen LogP contribution in [0.2, 0.25) is 0 Å². The highest BCUT2D eigenvalue weighted by Crippen LogP contribution is 2.60. The maximum absolute atomic E-state index is 11.0. The van der Waals surface area contributed by atoms with Crippen LogP contribution in [-0.4, -0.2) is 22.9 Å². The fraction of sp³-hybridized carbons (Fsp3) is 0.826. The molecule has 0 aliphatic heterocycles. The molecule has 2 saturated carbocycles. The normalized spacial score (nSPS) is 33.7. The molecule has 3 heteroatoms. The van der Waals surface area contributed by atoms with Gasteiger partial charge < -0.3 is 10.2 Å². The van der Waals surface area contributed by atoms with Crippen molar-refractivity contribution < 1.29 is 10.2 Å². The molecule has 0 heterocycles. The Balaban J connectivity index is 2.06. The molecule has 2 fully saturated rings. The molecule has 0 bridgehead atoms. The van der Waals surface area contributed by atoms with Crippen molar-refractivity contribution in [3.05, 3.63) is 22.7 Å². The lowest BCUT2D eigenvalue weighted by Gasteiger charge is -2.44. The molecule has 0 unspecified atom stereocenters. The summed E-state index contributed by atoms with van der Waals surface area (Å²) in [5.41, 5.74) is 2.78. The summed E-state index contributed by atoms with van der Waals surface area (Å²) in [7, 11) is 0. The fourth-order valence-electron chi connectivity index (χ4n) is 6.06. The third-order valence-corrected chi connectivity index (χ3v) is 8.13. The van der Waals surface area contributed by atoms with Gasteiger partial charge in [-0.3, -0.25) is 0 Å². The summed E-state index contributed by atoms with van der Waals surface area (Å²) in [5, 5.41) is 20.5. The first-order valence-electron chi connectivity index (χ1n) is 10.6. The molecule has 26 heavy (non-hydrogen) atoms. The molecule has 150 valence electrons. The molecule has 0 spiro atoms. The SMILES string of the molecule is C=C(CO)[C@H](CCCC)[C@@H](O)C[C@@H](C)[C@H]1CC[C@H]2C(=CBr)CCC[C@]12C. The summed E-state index contributed by atoms with van der Waals surface area (Å²) in [6, 6.07) is 0. The Hall–Kier alpha value is -0.120. The van der Waals surface area contributed by atoms with E-state index in [-0.39, 0.29) is 18.6 Å². The minimum Gasteiger partial charge on any atom is -0.392 e. The Morgan fingerprint density at radius 3 is 2.77 bits per heavy atom. The Kier molecular flexibility index (Phi) is 8.43. The van der Waals surface area contributed by atoms with E-state index >= 15 is 0 Å². The third kappa shape index (κ3) is 4.64. The van der Waals surface area contributed by atoms with E-state index in [1.165, 1.54) is 32.1 Å². The van der Waals surface area contributed by atoms with Crippen LogP contribution in [0.15, 0.2) is 22.7 Å². The van der Waals surface area contributed by atoms with E-state index in [1.807, 2.05) is 0 Å². The van der Waals surface area contributed by atoms with Gasteiger partial charge in [-0.1, -0.05) is 61.7 Å². The van der Waals surface area contributed by atoms with Crippen LogP contribution in [0.3, 0.4) is 0 Å². The molecular formula is C23H39BrO2. The Labute approximate surface area is 169 Å². The van der Waals surface area contributed by atoms with Crippen molar-refractivity contribution in [2.24, 2.45) is 29.1 Å². The van der Waals surface area contributed by atoms with E-state index in [2.05, 4.69) is 48.3 Å². The van der Waals surface area contributed by atoms with Gasteiger partial charge in [-0.25, -0.2) is 0 Å². The number of allylic oxidation sites excluding steroid dienone is 1. The van der Waals surface area contributed by atoms with E-state index in [4.69, 9.17) is 0 Å². The van der Waals surface area contributed by atoms with Crippen molar-refractivity contribution in [3.8, 4) is 0 Å². The largest absolute Gasteiger partial charge is 0.392 e. The average molecular weight is 427 g/mol. The number of hydrogen-bond donors (Lipinski definition) is 2. The molecule has 0 aromatic rings. The Bertz CT molecular complexity index is 500. The van der Waals surface area contributed by atoms with E-state index in [0.717, 1.165) is 31.3 Å². The van der Waals surface area contributed by atoms with Crippen LogP contribution in [0.4, 0.5) is 0 Å². The number of unbranched alkanes of at least 4 members (excludes halogenated alkanes) is 1. The molecule has 0 aromatic heterocycles. The van der Waals surface area contributed by atoms with Crippen molar-refractivity contribution in [2.45, 2.75) is 84.7 Å². The van der Waals surface area contributed by atoms with Crippen molar-refractivity contribution in [2.75, 3.05) is 6.61 Å². The molecule has 2 N–H and O–H groups in total. The van der Waals surface area contributed by atoms with Crippen molar-refractivity contribution in [1.29, 1.82) is 0 Å². The van der Waals surface area contributed by atoms with Gasteiger partial charge in [0.25, 0.3) is 0 Å². The molecule has 0 aromatic carbocycles. The maximum atomic E-state index is 11.0. The van der Waals surface area contributed by atoms with Crippen molar-refractivity contribution in [3.63, 3.8) is 0 Å². The quantitative estimate of drug-likeness (QED) is 0.429. The van der Waals surface area contributed by atoms with Crippen LogP contribution < -0.4 is 0 Å². The topological polar surface area (TPSA) is 40.5 Å². The molecule has 6 atom stereocenters. The van der Waals surface area contributed by atoms with Crippen LogP contribution >= 0.6 is 15.9 Å². The van der Waals surface area contributed by atoms with Crippen molar-refractivity contribution in [1.82, 2.24) is 0 Å². The van der Waals surface area contributed by atoms with Crippen molar-refractivity contribution >= 4 is 15.9 Å². The van der Waals surface area contributed by atoms with Gasteiger partial charge in [-0.2, -0.15) is 0 Å². The molecule has 2 aliphatic rings. The highest BCUT2D eigenvalue weighted by atomic mass is 79.9. The van der Waals surface area contributed by atoms with Crippen LogP contribution in [0, 0.1) is 29.1 Å². The zero-order valence-corrected chi connectivity index (χ0v) is 18.6. The highest BCUT2D eigenvalue weighted by molar-refractivity contribution is 9.11. The predicted molar refractivity (Wildman–Crippen MR) is 114 cm³/mol. The molecule has 2 rings (SSSR count). The summed E-state index contributed by atoms with van der Waals surface area (Å²) in [5.74, 6) is 1.93. The molecule has 0 saturated heterocycles. The second-order valence-electron chi connectivity index (χ2n) is 9.13. The number of aliphatic hydroxyl groups is 2. The number of aliphatic hydroxyl groups excluding tert-OH is 2. The van der Waals surface area contributed by atoms with E-state index in [1.54, 1.807) is 5.57 Å². The van der Waals surface area contributed by atoms with Crippen LogP contribution in [-0.2, 0) is 0 Å². The van der Waals surface area contributed by atoms with Gasteiger partial charge in [-0.05, 0) is 78.7 Å². The molecule has 2 aliphatic carbocycles. The number of halogens is 1. The Morgan fingerprint density at radius 2 is 2.15 bits per heavy atom. The summed E-state index contributed by atoms with van der Waals surface area (Å²) in [6.07, 6.45) is 9.99. The minimum atomic E-state index is -0.381. The number of fused-ring (bicyclic) bond motifs is 1. The molecule has 0 radical (unpaired) electrons. The lowest BCUT2D eigenvalue weighted by atomic mass is 9.61. The summed E-state index contributed by atoms with van der Waals surface area (Å²) in [6.45, 7) is 11.0. The first kappa shape index (κ1) is 22.2. The van der Waals surface area contributed by atoms with Crippen LogP contribution in [0.1, 0.15) is 78.6 Å². The zero-order chi connectivity index (χ0) is 19.3. The number of hydrogen-bond acceptors (Lipinski definition) is 2. The predicted octanol–water partition coefficient (Wildman–Crippen LogP) is 6.22. The van der Waals surface area contributed by atoms with Gasteiger partial charge in [0.1, 0.15) is 0 Å². The molecular weight excluding hydrogens is 388 g/mol. The number of rotatable bonds is 9. The lowest BCUT2D eigenvalue weighted by molar-refractivity contribution is 0.0430. The van der Waals surface area contributed by atoms with Crippen LogP contribution in [0.25, 0.3) is 0 Å². The minimum absolute atomic E-state index is 0.0115. The smallest absolute Gasteiger partial charge is 0.0642 e. The second-order valence-corrected chi connectivity index (χ2v) is 9.58. The maximum Gasteiger partial charge on any atom is 0.0642 e. The molecule has 2 nitrogen and oxygen atoms in total. The summed E-state index contributed by atoms with van der Waals surface area (Å²) >= 11 is 3.60. The van der Waals surface area contributed by atoms with Gasteiger partial charge in [0, 0.05) is 5.92 Å². The van der Waals surface area contributed by atoms with E-state index in [0.29, 0.717) is 23.2 Å².